The zero-order valence-electron chi connectivity index (χ0n) is 9.77. The van der Waals surface area contributed by atoms with Crippen LogP contribution in [0.5, 0.6) is 5.75 Å². The topological polar surface area (TPSA) is 55.6 Å². The predicted molar refractivity (Wildman–Crippen MR) is 62.9 cm³/mol. The van der Waals surface area contributed by atoms with Crippen molar-refractivity contribution in [1.29, 1.82) is 0 Å². The van der Waals surface area contributed by atoms with Crippen molar-refractivity contribution in [3.63, 3.8) is 0 Å². The van der Waals surface area contributed by atoms with Crippen LogP contribution in [0.2, 0.25) is 0 Å². The Hall–Kier alpha value is -1.55. The van der Waals surface area contributed by atoms with Crippen molar-refractivity contribution in [2.45, 2.75) is 19.3 Å². The zero-order chi connectivity index (χ0) is 12.0. The smallest absolute Gasteiger partial charge is 0.236 e. The van der Waals surface area contributed by atoms with E-state index in [-0.39, 0.29) is 5.91 Å². The highest BCUT2D eigenvalue weighted by Crippen LogP contribution is 2.14. The Morgan fingerprint density at radius 3 is 2.88 bits per heavy atom. The molecule has 0 bridgehead atoms. The lowest BCUT2D eigenvalue weighted by Crippen LogP contribution is -2.32. The molecule has 0 aliphatic carbocycles. The molecule has 1 amide bonds. The van der Waals surface area contributed by atoms with E-state index < -0.39 is 0 Å². The predicted octanol–water partition coefficient (Wildman–Crippen LogP) is 1.35. The largest absolute Gasteiger partial charge is 0.497 e. The van der Waals surface area contributed by atoms with E-state index in [4.69, 9.17) is 10.6 Å². The standard InChI is InChI=1S/C12H18N2O2/c1-14(13)12(15)8-4-6-10-5-3-7-11(9-10)16-2/h3,5,7,9H,4,6,8,13H2,1-2H3. The Bertz CT molecular complexity index is 351. The molecule has 0 unspecified atom stereocenters. The normalized spacial score (nSPS) is 9.94. The lowest BCUT2D eigenvalue weighted by molar-refractivity contribution is -0.130. The molecule has 0 aliphatic heterocycles. The number of hydrogen-bond donors (Lipinski definition) is 1. The molecule has 0 saturated heterocycles. The number of ether oxygens (including phenoxy) is 1. The molecule has 0 radical (unpaired) electrons. The SMILES string of the molecule is COc1cccc(CCCC(=O)N(C)N)c1. The molecule has 4 heteroatoms. The van der Waals surface area contributed by atoms with Gasteiger partial charge in [-0.3, -0.25) is 9.80 Å². The molecule has 4 nitrogen and oxygen atoms in total. The second-order valence-corrected chi connectivity index (χ2v) is 3.71. The van der Waals surface area contributed by atoms with E-state index in [1.165, 1.54) is 5.56 Å². The number of hydrogen-bond acceptors (Lipinski definition) is 3. The van der Waals surface area contributed by atoms with Gasteiger partial charge in [0.25, 0.3) is 0 Å². The van der Waals surface area contributed by atoms with E-state index in [2.05, 4.69) is 0 Å². The van der Waals surface area contributed by atoms with Crippen LogP contribution in [0.25, 0.3) is 0 Å². The van der Waals surface area contributed by atoms with Crippen molar-refractivity contribution in [2.75, 3.05) is 14.2 Å². The third-order valence-corrected chi connectivity index (χ3v) is 2.38. The van der Waals surface area contributed by atoms with Crippen LogP contribution >= 0.6 is 0 Å². The molecule has 0 atom stereocenters. The molecule has 1 aromatic carbocycles. The van der Waals surface area contributed by atoms with Gasteiger partial charge in [-0.2, -0.15) is 0 Å². The van der Waals surface area contributed by atoms with E-state index in [1.54, 1.807) is 14.2 Å². The number of amides is 1. The molecular weight excluding hydrogens is 204 g/mol. The number of nitrogens with two attached hydrogens (primary N) is 1. The lowest BCUT2D eigenvalue weighted by Gasteiger charge is -2.09. The minimum Gasteiger partial charge on any atom is -0.497 e. The van der Waals surface area contributed by atoms with Crippen LogP contribution in [0, 0.1) is 0 Å². The third kappa shape index (κ3) is 3.90. The highest BCUT2D eigenvalue weighted by atomic mass is 16.5. The molecule has 1 rings (SSSR count). The van der Waals surface area contributed by atoms with Crippen molar-refractivity contribution in [2.24, 2.45) is 5.84 Å². The second-order valence-electron chi connectivity index (χ2n) is 3.71. The maximum atomic E-state index is 11.2. The molecule has 0 saturated carbocycles. The first-order valence-corrected chi connectivity index (χ1v) is 5.27. The molecular formula is C12H18N2O2. The summed E-state index contributed by atoms with van der Waals surface area (Å²) >= 11 is 0. The van der Waals surface area contributed by atoms with Gasteiger partial charge in [-0.15, -0.1) is 0 Å². The van der Waals surface area contributed by atoms with Crippen molar-refractivity contribution in [3.05, 3.63) is 29.8 Å². The maximum Gasteiger partial charge on any atom is 0.236 e. The summed E-state index contributed by atoms with van der Waals surface area (Å²) in [7, 11) is 3.21. The quantitative estimate of drug-likeness (QED) is 0.465. The highest BCUT2D eigenvalue weighted by molar-refractivity contribution is 5.75. The Balaban J connectivity index is 2.40. The monoisotopic (exact) mass is 222 g/mol. The van der Waals surface area contributed by atoms with Gasteiger partial charge in [0.05, 0.1) is 7.11 Å². The summed E-state index contributed by atoms with van der Waals surface area (Å²) in [6, 6.07) is 7.86. The first-order chi connectivity index (χ1) is 7.63. The first kappa shape index (κ1) is 12.5. The number of aryl methyl sites for hydroxylation is 1. The van der Waals surface area contributed by atoms with Crippen LogP contribution in [-0.4, -0.2) is 25.1 Å². The van der Waals surface area contributed by atoms with Gasteiger partial charge in [0, 0.05) is 13.5 Å². The Kier molecular flexibility index (Phi) is 4.79. The van der Waals surface area contributed by atoms with Gasteiger partial charge in [0.15, 0.2) is 0 Å². The summed E-state index contributed by atoms with van der Waals surface area (Å²) in [5, 5.41) is 1.13. The van der Waals surface area contributed by atoms with Crippen LogP contribution in [0.3, 0.4) is 0 Å². The molecule has 0 aromatic heterocycles. The molecule has 88 valence electrons. The van der Waals surface area contributed by atoms with E-state index in [9.17, 15) is 4.79 Å². The number of carbonyl (C=O) groups excluding carboxylic acids is 1. The number of carbonyl (C=O) groups is 1. The van der Waals surface area contributed by atoms with Crippen LogP contribution < -0.4 is 10.6 Å². The van der Waals surface area contributed by atoms with E-state index in [1.807, 2.05) is 24.3 Å². The van der Waals surface area contributed by atoms with Gasteiger partial charge < -0.3 is 4.74 Å². The number of hydrazine groups is 1. The van der Waals surface area contributed by atoms with Gasteiger partial charge in [-0.1, -0.05) is 12.1 Å². The van der Waals surface area contributed by atoms with E-state index in [0.29, 0.717) is 6.42 Å². The van der Waals surface area contributed by atoms with Crippen LogP contribution in [0.4, 0.5) is 0 Å². The Morgan fingerprint density at radius 2 is 2.25 bits per heavy atom. The minimum atomic E-state index is -0.0390. The van der Waals surface area contributed by atoms with Gasteiger partial charge in [0.2, 0.25) is 5.91 Å². The molecule has 0 fully saturated rings. The summed E-state index contributed by atoms with van der Waals surface area (Å²) in [6.45, 7) is 0. The van der Waals surface area contributed by atoms with E-state index >= 15 is 0 Å². The highest BCUT2D eigenvalue weighted by Gasteiger charge is 2.04. The number of nitrogens with zero attached hydrogens (tertiary/aromatic N) is 1. The van der Waals surface area contributed by atoms with Gasteiger partial charge in [-0.25, -0.2) is 5.84 Å². The molecule has 2 N–H and O–H groups in total. The van der Waals surface area contributed by atoms with Gasteiger partial charge in [-0.05, 0) is 30.5 Å². The van der Waals surface area contributed by atoms with Crippen molar-refractivity contribution in [3.8, 4) is 5.75 Å². The van der Waals surface area contributed by atoms with Crippen LogP contribution in [0.1, 0.15) is 18.4 Å². The van der Waals surface area contributed by atoms with Crippen LogP contribution in [-0.2, 0) is 11.2 Å². The third-order valence-electron chi connectivity index (χ3n) is 2.38. The molecule has 0 spiro atoms. The number of benzene rings is 1. The fraction of sp³-hybridized carbons (Fsp3) is 0.417. The number of rotatable bonds is 5. The van der Waals surface area contributed by atoms with E-state index in [0.717, 1.165) is 23.6 Å². The van der Waals surface area contributed by atoms with Crippen molar-refractivity contribution < 1.29 is 9.53 Å². The molecule has 16 heavy (non-hydrogen) atoms. The summed E-state index contributed by atoms with van der Waals surface area (Å²) in [4.78, 5) is 11.2. The van der Waals surface area contributed by atoms with Crippen molar-refractivity contribution in [1.82, 2.24) is 5.01 Å². The average Bonchev–Trinajstić information content (AvgIpc) is 2.29. The summed E-state index contributed by atoms with van der Waals surface area (Å²) in [5.41, 5.74) is 1.17. The Morgan fingerprint density at radius 1 is 1.50 bits per heavy atom. The molecule has 0 aliphatic rings. The summed E-state index contributed by atoms with van der Waals surface area (Å²) in [6.07, 6.45) is 2.13. The Labute approximate surface area is 96.0 Å². The molecule has 1 aromatic rings. The van der Waals surface area contributed by atoms with Crippen LogP contribution in [0.15, 0.2) is 24.3 Å². The fourth-order valence-corrected chi connectivity index (χ4v) is 1.45. The lowest BCUT2D eigenvalue weighted by atomic mass is 10.1. The van der Waals surface area contributed by atoms with Gasteiger partial charge in [0.1, 0.15) is 5.75 Å². The van der Waals surface area contributed by atoms with Crippen molar-refractivity contribution >= 4 is 5.91 Å². The van der Waals surface area contributed by atoms with Gasteiger partial charge >= 0.3 is 0 Å². The summed E-state index contributed by atoms with van der Waals surface area (Å²) in [5.74, 6) is 6.13. The summed E-state index contributed by atoms with van der Waals surface area (Å²) < 4.78 is 5.13. The number of methoxy groups -OCH3 is 1. The molecule has 0 heterocycles. The minimum absolute atomic E-state index is 0.0390. The first-order valence-electron chi connectivity index (χ1n) is 5.27. The maximum absolute atomic E-state index is 11.2. The second kappa shape index (κ2) is 6.12. The zero-order valence-corrected chi connectivity index (χ0v) is 9.77. The fourth-order valence-electron chi connectivity index (χ4n) is 1.45. The average molecular weight is 222 g/mol.